The lowest BCUT2D eigenvalue weighted by atomic mass is 9.93. The maximum absolute atomic E-state index is 14.5. The number of imidazole rings is 1. The van der Waals surface area contributed by atoms with Gasteiger partial charge >= 0.3 is 0 Å². The summed E-state index contributed by atoms with van der Waals surface area (Å²) in [5.41, 5.74) is 1.58. The highest BCUT2D eigenvalue weighted by Gasteiger charge is 2.40. The molecule has 1 saturated carbocycles. The van der Waals surface area contributed by atoms with Crippen molar-refractivity contribution in [3.63, 3.8) is 0 Å². The first-order valence-electron chi connectivity index (χ1n) is 9.03. The molecule has 2 atom stereocenters. The molecule has 1 aromatic heterocycles. The van der Waals surface area contributed by atoms with Crippen molar-refractivity contribution in [3.8, 4) is 0 Å². The van der Waals surface area contributed by atoms with Gasteiger partial charge in [-0.3, -0.25) is 9.69 Å². The zero-order valence-corrected chi connectivity index (χ0v) is 17.8. The number of nitrogens with zero attached hydrogens (tertiary/aromatic N) is 2. The SMILES string of the molecule is Cl.Cl.O=C(C1CC1)C(c1ccccc1F)N1CCC(S)/C(=C/c2ncc[nH]2)C1. The van der Waals surface area contributed by atoms with Crippen LogP contribution in [-0.2, 0) is 4.79 Å². The summed E-state index contributed by atoms with van der Waals surface area (Å²) in [7, 11) is 0. The molecule has 2 heterocycles. The molecule has 1 aliphatic carbocycles. The van der Waals surface area contributed by atoms with E-state index < -0.39 is 6.04 Å². The Bertz CT molecular complexity index is 827. The minimum absolute atomic E-state index is 0. The van der Waals surface area contributed by atoms with Gasteiger partial charge in [-0.2, -0.15) is 12.6 Å². The average Bonchev–Trinajstić information content (AvgIpc) is 3.37. The maximum Gasteiger partial charge on any atom is 0.157 e. The summed E-state index contributed by atoms with van der Waals surface area (Å²) >= 11 is 4.69. The third-order valence-corrected chi connectivity index (χ3v) is 5.75. The predicted molar refractivity (Wildman–Crippen MR) is 117 cm³/mol. The number of carbonyl (C=O) groups is 1. The molecule has 0 spiro atoms. The molecular weight excluding hydrogens is 420 g/mol. The zero-order chi connectivity index (χ0) is 18.1. The summed E-state index contributed by atoms with van der Waals surface area (Å²) in [6.07, 6.45) is 8.13. The van der Waals surface area contributed by atoms with E-state index in [9.17, 15) is 9.18 Å². The molecule has 1 aliphatic heterocycles. The van der Waals surface area contributed by atoms with E-state index in [-0.39, 0.29) is 47.6 Å². The number of nitrogens with one attached hydrogen (secondary N) is 1. The van der Waals surface area contributed by atoms with Gasteiger partial charge in [-0.05, 0) is 37.0 Å². The molecule has 1 N–H and O–H groups in total. The van der Waals surface area contributed by atoms with Gasteiger partial charge in [0.15, 0.2) is 5.78 Å². The Balaban J connectivity index is 0.00000140. The van der Waals surface area contributed by atoms with Gasteiger partial charge < -0.3 is 4.98 Å². The van der Waals surface area contributed by atoms with Crippen LogP contribution in [0.15, 0.2) is 42.2 Å². The van der Waals surface area contributed by atoms with E-state index in [0.717, 1.165) is 37.2 Å². The van der Waals surface area contributed by atoms with Gasteiger partial charge in [-0.15, -0.1) is 24.8 Å². The van der Waals surface area contributed by atoms with Gasteiger partial charge in [-0.1, -0.05) is 18.2 Å². The Hall–Kier alpha value is -1.34. The number of piperidine rings is 1. The van der Waals surface area contributed by atoms with Gasteiger partial charge in [0.25, 0.3) is 0 Å². The van der Waals surface area contributed by atoms with Gasteiger partial charge in [0.1, 0.15) is 11.6 Å². The predicted octanol–water partition coefficient (Wildman–Crippen LogP) is 4.50. The van der Waals surface area contributed by atoms with Crippen molar-refractivity contribution in [2.24, 2.45) is 5.92 Å². The number of aromatic nitrogens is 2. The number of hydrogen-bond donors (Lipinski definition) is 2. The molecule has 4 nitrogen and oxygen atoms in total. The van der Waals surface area contributed by atoms with E-state index in [4.69, 9.17) is 12.6 Å². The van der Waals surface area contributed by atoms with Crippen LogP contribution in [0.1, 0.15) is 36.7 Å². The van der Waals surface area contributed by atoms with Crippen LogP contribution in [0.3, 0.4) is 0 Å². The molecule has 1 aromatic carbocycles. The molecule has 2 fully saturated rings. The molecule has 2 aromatic rings. The standard InChI is InChI=1S/C20H22FN3OS.2ClH/c21-16-4-2-1-3-15(16)19(20(25)13-5-6-13)24-10-7-17(26)14(12-24)11-18-22-8-9-23-18;;/h1-4,8-9,11,13,17,19,26H,5-7,10,12H2,(H,22,23);2*1H/b14-11+;;. The lowest BCUT2D eigenvalue weighted by Crippen LogP contribution is -2.42. The highest BCUT2D eigenvalue weighted by molar-refractivity contribution is 7.81. The number of aromatic amines is 1. The van der Waals surface area contributed by atoms with Gasteiger partial charge in [0.2, 0.25) is 0 Å². The largest absolute Gasteiger partial charge is 0.345 e. The second kappa shape index (κ2) is 9.92. The number of carbonyl (C=O) groups excluding carboxylic acids is 1. The number of benzene rings is 1. The van der Waals surface area contributed by atoms with Crippen LogP contribution in [0.2, 0.25) is 0 Å². The number of halogens is 3. The molecule has 2 unspecified atom stereocenters. The molecule has 2 aliphatic rings. The van der Waals surface area contributed by atoms with Crippen molar-refractivity contribution in [1.29, 1.82) is 0 Å². The zero-order valence-electron chi connectivity index (χ0n) is 15.3. The number of ketones is 1. The van der Waals surface area contributed by atoms with Crippen molar-refractivity contribution in [1.82, 2.24) is 14.9 Å². The van der Waals surface area contributed by atoms with Crippen molar-refractivity contribution < 1.29 is 9.18 Å². The molecule has 152 valence electrons. The Morgan fingerprint density at radius 2 is 2.04 bits per heavy atom. The fourth-order valence-electron chi connectivity index (χ4n) is 3.60. The highest BCUT2D eigenvalue weighted by atomic mass is 35.5. The third kappa shape index (κ3) is 4.98. The normalized spacial score (nSPS) is 22.2. The van der Waals surface area contributed by atoms with Crippen molar-refractivity contribution in [2.45, 2.75) is 30.6 Å². The summed E-state index contributed by atoms with van der Waals surface area (Å²) in [6.45, 7) is 1.31. The molecule has 1 saturated heterocycles. The molecule has 0 amide bonds. The highest BCUT2D eigenvalue weighted by Crippen LogP contribution is 2.39. The third-order valence-electron chi connectivity index (χ3n) is 5.16. The molecular formula is C20H24Cl2FN3OS. The van der Waals surface area contributed by atoms with Gasteiger partial charge in [-0.25, -0.2) is 9.37 Å². The van der Waals surface area contributed by atoms with Crippen molar-refractivity contribution in [2.75, 3.05) is 13.1 Å². The van der Waals surface area contributed by atoms with Gasteiger partial charge in [0.05, 0.1) is 6.04 Å². The second-order valence-corrected chi connectivity index (χ2v) is 7.69. The average molecular weight is 444 g/mol. The van der Waals surface area contributed by atoms with E-state index in [1.807, 2.05) is 6.08 Å². The fourth-order valence-corrected chi connectivity index (χ4v) is 3.88. The monoisotopic (exact) mass is 443 g/mol. The van der Waals surface area contributed by atoms with Crippen LogP contribution >= 0.6 is 37.4 Å². The maximum atomic E-state index is 14.5. The van der Waals surface area contributed by atoms with E-state index in [0.29, 0.717) is 12.1 Å². The van der Waals surface area contributed by atoms with Crippen LogP contribution in [0.4, 0.5) is 4.39 Å². The molecule has 4 rings (SSSR count). The molecule has 0 bridgehead atoms. The van der Waals surface area contributed by atoms with Gasteiger partial charge in [0, 0.05) is 42.2 Å². The van der Waals surface area contributed by atoms with E-state index in [2.05, 4.69) is 14.9 Å². The lowest BCUT2D eigenvalue weighted by Gasteiger charge is -2.37. The number of Topliss-reactive ketones (excluding diaryl/α,β-unsaturated/α-hetero) is 1. The van der Waals surface area contributed by atoms with Crippen molar-refractivity contribution >= 4 is 49.3 Å². The minimum Gasteiger partial charge on any atom is -0.345 e. The topological polar surface area (TPSA) is 49.0 Å². The summed E-state index contributed by atoms with van der Waals surface area (Å²) < 4.78 is 14.5. The number of hydrogen-bond acceptors (Lipinski definition) is 4. The summed E-state index contributed by atoms with van der Waals surface area (Å²) in [5, 5.41) is 0.119. The smallest absolute Gasteiger partial charge is 0.157 e. The number of H-pyrrole nitrogens is 1. The first-order chi connectivity index (χ1) is 12.6. The Labute approximate surface area is 182 Å². The number of thiol groups is 1. The van der Waals surface area contributed by atoms with E-state index in [1.165, 1.54) is 6.07 Å². The van der Waals surface area contributed by atoms with Crippen molar-refractivity contribution in [3.05, 3.63) is 59.4 Å². The Morgan fingerprint density at radius 3 is 2.68 bits per heavy atom. The lowest BCUT2D eigenvalue weighted by molar-refractivity contribution is -0.126. The van der Waals surface area contributed by atoms with Crippen LogP contribution in [0.25, 0.3) is 6.08 Å². The molecule has 8 heteroatoms. The van der Waals surface area contributed by atoms with Crippen LogP contribution in [0, 0.1) is 11.7 Å². The van der Waals surface area contributed by atoms with E-state index in [1.54, 1.807) is 30.6 Å². The first-order valence-corrected chi connectivity index (χ1v) is 9.55. The molecule has 28 heavy (non-hydrogen) atoms. The Kier molecular flexibility index (Phi) is 8.13. The van der Waals surface area contributed by atoms with Crippen LogP contribution < -0.4 is 0 Å². The van der Waals surface area contributed by atoms with E-state index >= 15 is 0 Å². The Morgan fingerprint density at radius 1 is 1.29 bits per heavy atom. The summed E-state index contributed by atoms with van der Waals surface area (Å²) in [4.78, 5) is 22.4. The summed E-state index contributed by atoms with van der Waals surface area (Å²) in [6, 6.07) is 6.12. The number of rotatable bonds is 5. The minimum atomic E-state index is -0.524. The van der Waals surface area contributed by atoms with Crippen LogP contribution in [0.5, 0.6) is 0 Å². The second-order valence-electron chi connectivity index (χ2n) is 7.07. The quantitative estimate of drug-likeness (QED) is 0.668. The molecule has 0 radical (unpaired) electrons. The number of likely N-dealkylation sites (tertiary alicyclic amines) is 1. The summed E-state index contributed by atoms with van der Waals surface area (Å²) in [5.74, 6) is 0.684. The fraction of sp³-hybridized carbons (Fsp3) is 0.400. The van der Waals surface area contributed by atoms with Crippen LogP contribution in [-0.4, -0.2) is 39.0 Å². The first kappa shape index (κ1) is 22.9.